The van der Waals surface area contributed by atoms with Gasteiger partial charge < -0.3 is 10.3 Å². The molecule has 4 nitrogen and oxygen atoms in total. The van der Waals surface area contributed by atoms with Crippen molar-refractivity contribution in [2.45, 2.75) is 19.3 Å². The Morgan fingerprint density at radius 2 is 1.95 bits per heavy atom. The maximum Gasteiger partial charge on any atom is 0.260 e. The minimum atomic E-state index is -0.363. The lowest BCUT2D eigenvalue weighted by atomic mass is 9.96. The molecule has 104 valence electrons. The molecule has 2 aromatic rings. The van der Waals surface area contributed by atoms with Crippen molar-refractivity contribution in [1.29, 1.82) is 0 Å². The molecule has 0 unspecified atom stereocenters. The summed E-state index contributed by atoms with van der Waals surface area (Å²) in [4.78, 5) is 26.0. The first kappa shape index (κ1) is 14.1. The molecule has 2 N–H and O–H groups in total. The molecule has 1 aromatic heterocycles. The fourth-order valence-electron chi connectivity index (χ4n) is 2.13. The lowest BCUT2D eigenvalue weighted by molar-refractivity contribution is 0.0949. The van der Waals surface area contributed by atoms with Gasteiger partial charge in [-0.3, -0.25) is 9.59 Å². The van der Waals surface area contributed by atoms with Crippen molar-refractivity contribution in [3.05, 3.63) is 70.1 Å². The van der Waals surface area contributed by atoms with E-state index in [2.05, 4.69) is 29.4 Å². The first-order chi connectivity index (χ1) is 9.72. The molecule has 0 aliphatic carbocycles. The van der Waals surface area contributed by atoms with E-state index in [4.69, 9.17) is 0 Å². The van der Waals surface area contributed by atoms with Crippen LogP contribution in [0.1, 0.15) is 35.2 Å². The van der Waals surface area contributed by atoms with Gasteiger partial charge in [-0.15, -0.1) is 0 Å². The number of aromatic nitrogens is 1. The normalized spacial score (nSPS) is 11.8. The van der Waals surface area contributed by atoms with Gasteiger partial charge in [-0.1, -0.05) is 37.3 Å². The molecule has 4 heteroatoms. The Balaban J connectivity index is 2.03. The average molecular weight is 270 g/mol. The van der Waals surface area contributed by atoms with Crippen LogP contribution in [-0.4, -0.2) is 17.4 Å². The number of pyridine rings is 1. The van der Waals surface area contributed by atoms with Gasteiger partial charge in [-0.25, -0.2) is 0 Å². The van der Waals surface area contributed by atoms with Gasteiger partial charge in [0.1, 0.15) is 5.56 Å². The van der Waals surface area contributed by atoms with Crippen LogP contribution in [0, 0.1) is 0 Å². The summed E-state index contributed by atoms with van der Waals surface area (Å²) in [5.74, 6) is -0.0795. The SMILES string of the molecule is CC[C@@H](CNC(=O)c1ccc[nH]c1=O)c1ccccc1. The molecule has 20 heavy (non-hydrogen) atoms. The molecule has 0 spiro atoms. The van der Waals surface area contributed by atoms with Crippen LogP contribution in [-0.2, 0) is 0 Å². The van der Waals surface area contributed by atoms with Crippen molar-refractivity contribution in [1.82, 2.24) is 10.3 Å². The fourth-order valence-corrected chi connectivity index (χ4v) is 2.13. The number of hydrogen-bond acceptors (Lipinski definition) is 2. The zero-order valence-corrected chi connectivity index (χ0v) is 11.4. The second-order valence-electron chi connectivity index (χ2n) is 4.64. The predicted molar refractivity (Wildman–Crippen MR) is 78.9 cm³/mol. The lowest BCUT2D eigenvalue weighted by Crippen LogP contribution is -2.32. The maximum absolute atomic E-state index is 12.0. The third-order valence-electron chi connectivity index (χ3n) is 3.34. The van der Waals surface area contributed by atoms with Gasteiger partial charge in [-0.05, 0) is 24.1 Å². The number of H-pyrrole nitrogens is 1. The Hall–Kier alpha value is -2.36. The van der Waals surface area contributed by atoms with E-state index in [1.54, 1.807) is 6.07 Å². The molecule has 0 fully saturated rings. The van der Waals surface area contributed by atoms with E-state index in [1.807, 2.05) is 18.2 Å². The number of nitrogens with one attached hydrogen (secondary N) is 2. The number of aromatic amines is 1. The largest absolute Gasteiger partial charge is 0.351 e. The van der Waals surface area contributed by atoms with Crippen LogP contribution in [0.2, 0.25) is 0 Å². The topological polar surface area (TPSA) is 62.0 Å². The molecule has 0 aliphatic rings. The highest BCUT2D eigenvalue weighted by atomic mass is 16.2. The Morgan fingerprint density at radius 3 is 2.60 bits per heavy atom. The van der Waals surface area contributed by atoms with Crippen LogP contribution in [0.5, 0.6) is 0 Å². The van der Waals surface area contributed by atoms with Gasteiger partial charge in [0.25, 0.3) is 11.5 Å². The smallest absolute Gasteiger partial charge is 0.260 e. The van der Waals surface area contributed by atoms with Crippen LogP contribution < -0.4 is 10.9 Å². The van der Waals surface area contributed by atoms with E-state index in [0.717, 1.165) is 6.42 Å². The molecule has 0 aliphatic heterocycles. The van der Waals surface area contributed by atoms with Crippen molar-refractivity contribution in [3.8, 4) is 0 Å². The van der Waals surface area contributed by atoms with Gasteiger partial charge in [0, 0.05) is 18.7 Å². The molecule has 0 bridgehead atoms. The highest BCUT2D eigenvalue weighted by molar-refractivity contribution is 5.93. The molecule has 1 amide bonds. The first-order valence-corrected chi connectivity index (χ1v) is 6.73. The third kappa shape index (κ3) is 3.35. The van der Waals surface area contributed by atoms with Crippen LogP contribution >= 0.6 is 0 Å². The third-order valence-corrected chi connectivity index (χ3v) is 3.34. The van der Waals surface area contributed by atoms with E-state index in [-0.39, 0.29) is 22.9 Å². The summed E-state index contributed by atoms with van der Waals surface area (Å²) in [5.41, 5.74) is 0.977. The van der Waals surface area contributed by atoms with Gasteiger partial charge in [0.05, 0.1) is 0 Å². The quantitative estimate of drug-likeness (QED) is 0.875. The van der Waals surface area contributed by atoms with Crippen molar-refractivity contribution in [2.75, 3.05) is 6.54 Å². The van der Waals surface area contributed by atoms with Crippen molar-refractivity contribution >= 4 is 5.91 Å². The van der Waals surface area contributed by atoms with E-state index in [9.17, 15) is 9.59 Å². The zero-order chi connectivity index (χ0) is 14.4. The second-order valence-corrected chi connectivity index (χ2v) is 4.64. The summed E-state index contributed by atoms with van der Waals surface area (Å²) in [7, 11) is 0. The zero-order valence-electron chi connectivity index (χ0n) is 11.4. The van der Waals surface area contributed by atoms with Gasteiger partial charge in [-0.2, -0.15) is 0 Å². The minimum absolute atomic E-state index is 0.149. The molecule has 1 heterocycles. The predicted octanol–water partition coefficient (Wildman–Crippen LogP) is 2.30. The van der Waals surface area contributed by atoms with E-state index in [1.165, 1.54) is 17.8 Å². The highest BCUT2D eigenvalue weighted by Crippen LogP contribution is 2.17. The molecule has 1 atom stereocenters. The average Bonchev–Trinajstić information content (AvgIpc) is 2.49. The molecule has 1 aromatic carbocycles. The number of carbonyl (C=O) groups excluding carboxylic acids is 1. The number of benzene rings is 1. The van der Waals surface area contributed by atoms with Crippen molar-refractivity contribution in [2.24, 2.45) is 0 Å². The number of rotatable bonds is 5. The molecular formula is C16H18N2O2. The summed E-state index contributed by atoms with van der Waals surface area (Å²) < 4.78 is 0. The molecule has 0 radical (unpaired) electrons. The Kier molecular flexibility index (Phi) is 4.71. The van der Waals surface area contributed by atoms with E-state index >= 15 is 0 Å². The summed E-state index contributed by atoms with van der Waals surface area (Å²) in [6.45, 7) is 2.60. The van der Waals surface area contributed by atoms with E-state index in [0.29, 0.717) is 6.54 Å². The number of hydrogen-bond donors (Lipinski definition) is 2. The van der Waals surface area contributed by atoms with Crippen molar-refractivity contribution < 1.29 is 4.79 Å². The standard InChI is InChI=1S/C16H18N2O2/c1-2-12(13-7-4-3-5-8-13)11-18-16(20)14-9-6-10-17-15(14)19/h3-10,12H,2,11H2,1H3,(H,17,19)(H,18,20)/t12-/m0/s1. The Bertz CT molecular complexity index is 620. The first-order valence-electron chi connectivity index (χ1n) is 6.73. The monoisotopic (exact) mass is 270 g/mol. The summed E-state index contributed by atoms with van der Waals surface area (Å²) in [6, 6.07) is 13.2. The summed E-state index contributed by atoms with van der Waals surface area (Å²) >= 11 is 0. The van der Waals surface area contributed by atoms with Gasteiger partial charge in [0.2, 0.25) is 0 Å². The van der Waals surface area contributed by atoms with Crippen LogP contribution in [0.3, 0.4) is 0 Å². The second kappa shape index (κ2) is 6.70. The van der Waals surface area contributed by atoms with Crippen LogP contribution in [0.4, 0.5) is 0 Å². The molecule has 2 rings (SSSR count). The number of carbonyl (C=O) groups is 1. The minimum Gasteiger partial charge on any atom is -0.351 e. The molecular weight excluding hydrogens is 252 g/mol. The molecule has 0 saturated carbocycles. The number of amides is 1. The summed E-state index contributed by atoms with van der Waals surface area (Å²) in [6.07, 6.45) is 2.44. The molecule has 0 saturated heterocycles. The lowest BCUT2D eigenvalue weighted by Gasteiger charge is -2.16. The van der Waals surface area contributed by atoms with Crippen molar-refractivity contribution in [3.63, 3.8) is 0 Å². The van der Waals surface area contributed by atoms with Gasteiger partial charge in [0.15, 0.2) is 0 Å². The van der Waals surface area contributed by atoms with Crippen LogP contribution in [0.25, 0.3) is 0 Å². The fraction of sp³-hybridized carbons (Fsp3) is 0.250. The van der Waals surface area contributed by atoms with E-state index < -0.39 is 0 Å². The highest BCUT2D eigenvalue weighted by Gasteiger charge is 2.13. The van der Waals surface area contributed by atoms with Gasteiger partial charge >= 0.3 is 0 Å². The summed E-state index contributed by atoms with van der Waals surface area (Å²) in [5, 5.41) is 2.83. The Labute approximate surface area is 117 Å². The Morgan fingerprint density at radius 1 is 1.20 bits per heavy atom. The maximum atomic E-state index is 12.0. The van der Waals surface area contributed by atoms with Crippen LogP contribution in [0.15, 0.2) is 53.5 Å².